The van der Waals surface area contributed by atoms with Crippen molar-refractivity contribution in [3.63, 3.8) is 0 Å². The van der Waals surface area contributed by atoms with Gasteiger partial charge < -0.3 is 0 Å². The highest BCUT2D eigenvalue weighted by Crippen LogP contribution is 2.48. The number of aromatic nitrogens is 4. The third-order valence-corrected chi connectivity index (χ3v) is 5.01. The molecule has 2 aromatic heterocycles. The second kappa shape index (κ2) is 6.03. The fraction of sp³-hybridized carbons (Fsp3) is 0.562. The Morgan fingerprint density at radius 3 is 2.59 bits per heavy atom. The first kappa shape index (κ1) is 17.9. The summed E-state index contributed by atoms with van der Waals surface area (Å²) in [6.45, 7) is -1.51. The van der Waals surface area contributed by atoms with E-state index in [4.69, 9.17) is 0 Å². The summed E-state index contributed by atoms with van der Waals surface area (Å²) in [5.74, 6) is -0.915. The molecule has 3 heterocycles. The number of amides is 1. The Bertz CT molecular complexity index is 869. The number of halogens is 5. The first-order valence-electron chi connectivity index (χ1n) is 8.46. The maximum Gasteiger partial charge on any atom is 0.410 e. The topological polar surface area (TPSA) is 56.0 Å². The van der Waals surface area contributed by atoms with E-state index in [0.717, 1.165) is 16.9 Å². The SMILES string of the molecule is Cc1cc2n(n1)C(C(F)(F)F)CC(C1CC1)N2C(=O)c1ccnn1C(F)F. The molecule has 0 radical (unpaired) electrons. The van der Waals surface area contributed by atoms with Gasteiger partial charge in [0.05, 0.1) is 5.69 Å². The molecule has 1 aliphatic carbocycles. The summed E-state index contributed by atoms with van der Waals surface area (Å²) >= 11 is 0. The molecule has 0 bridgehead atoms. The molecule has 0 aromatic carbocycles. The second-order valence-corrected chi connectivity index (χ2v) is 6.90. The third kappa shape index (κ3) is 2.98. The highest BCUT2D eigenvalue weighted by Gasteiger charge is 2.53. The number of carbonyl (C=O) groups is 1. The Hall–Kier alpha value is -2.46. The Balaban J connectivity index is 1.82. The first-order valence-corrected chi connectivity index (χ1v) is 8.46. The number of anilines is 1. The van der Waals surface area contributed by atoms with Gasteiger partial charge in [0.25, 0.3) is 5.91 Å². The van der Waals surface area contributed by atoms with Crippen molar-refractivity contribution < 1.29 is 26.7 Å². The average Bonchev–Trinajstić information content (AvgIpc) is 3.15. The maximum absolute atomic E-state index is 13.6. The molecule has 1 amide bonds. The van der Waals surface area contributed by atoms with Crippen LogP contribution in [0, 0.1) is 12.8 Å². The number of fused-ring (bicyclic) bond motifs is 1. The van der Waals surface area contributed by atoms with Gasteiger partial charge in [-0.3, -0.25) is 9.69 Å². The number of nitrogens with zero attached hydrogens (tertiary/aromatic N) is 5. The molecule has 0 N–H and O–H groups in total. The predicted octanol–water partition coefficient (Wildman–Crippen LogP) is 3.72. The number of alkyl halides is 5. The van der Waals surface area contributed by atoms with Crippen LogP contribution in [0.15, 0.2) is 18.3 Å². The van der Waals surface area contributed by atoms with Crippen molar-refractivity contribution in [3.8, 4) is 0 Å². The molecule has 1 aliphatic heterocycles. The van der Waals surface area contributed by atoms with Crippen molar-refractivity contribution in [2.75, 3.05) is 4.90 Å². The lowest BCUT2D eigenvalue weighted by Gasteiger charge is -2.40. The maximum atomic E-state index is 13.6. The van der Waals surface area contributed by atoms with Crippen molar-refractivity contribution >= 4 is 11.7 Å². The molecule has 6 nitrogen and oxygen atoms in total. The van der Waals surface area contributed by atoms with Crippen molar-refractivity contribution in [2.24, 2.45) is 5.92 Å². The van der Waals surface area contributed by atoms with Gasteiger partial charge in [-0.1, -0.05) is 0 Å². The molecule has 2 aromatic rings. The van der Waals surface area contributed by atoms with Gasteiger partial charge in [-0.15, -0.1) is 0 Å². The minimum atomic E-state index is -4.53. The van der Waals surface area contributed by atoms with Crippen molar-refractivity contribution in [3.05, 3.63) is 29.7 Å². The van der Waals surface area contributed by atoms with Crippen LogP contribution < -0.4 is 4.90 Å². The lowest BCUT2D eigenvalue weighted by Crippen LogP contribution is -2.51. The number of hydrogen-bond donors (Lipinski definition) is 0. The summed E-state index contributed by atoms with van der Waals surface area (Å²) in [6.07, 6.45) is -2.42. The second-order valence-electron chi connectivity index (χ2n) is 6.90. The molecule has 146 valence electrons. The summed E-state index contributed by atoms with van der Waals surface area (Å²) in [5.41, 5.74) is -0.0534. The zero-order valence-corrected chi connectivity index (χ0v) is 14.2. The Morgan fingerprint density at radius 1 is 1.30 bits per heavy atom. The van der Waals surface area contributed by atoms with Crippen molar-refractivity contribution in [2.45, 2.75) is 51.0 Å². The van der Waals surface area contributed by atoms with Crippen molar-refractivity contribution in [1.82, 2.24) is 19.6 Å². The van der Waals surface area contributed by atoms with Crippen LogP contribution in [0.1, 0.15) is 48.0 Å². The number of rotatable bonds is 3. The normalized spacial score (nSPS) is 23.0. The van der Waals surface area contributed by atoms with Gasteiger partial charge in [0.1, 0.15) is 11.5 Å². The van der Waals surface area contributed by atoms with E-state index in [0.29, 0.717) is 18.5 Å². The van der Waals surface area contributed by atoms with Gasteiger partial charge in [0.15, 0.2) is 6.04 Å². The van der Waals surface area contributed by atoms with Gasteiger partial charge in [0.2, 0.25) is 0 Å². The summed E-state index contributed by atoms with van der Waals surface area (Å²) in [5, 5.41) is 7.37. The van der Waals surface area contributed by atoms with Crippen LogP contribution in [0.25, 0.3) is 0 Å². The lowest BCUT2D eigenvalue weighted by atomic mass is 9.97. The predicted molar refractivity (Wildman–Crippen MR) is 83.5 cm³/mol. The standard InChI is InChI=1S/C16H16F5N5O/c1-8-6-13-24(14(27)10-4-5-22-25(10)15(17)18)11(9-2-3-9)7-12(16(19,20)21)26(13)23-8/h4-6,9,11-12,15H,2-3,7H2,1H3. The fourth-order valence-corrected chi connectivity index (χ4v) is 3.69. The molecule has 4 rings (SSSR count). The van der Waals surface area contributed by atoms with Crippen LogP contribution in [-0.4, -0.2) is 37.7 Å². The van der Waals surface area contributed by atoms with E-state index in [-0.39, 0.29) is 28.5 Å². The third-order valence-electron chi connectivity index (χ3n) is 5.01. The summed E-state index contributed by atoms with van der Waals surface area (Å²) in [4.78, 5) is 14.3. The van der Waals surface area contributed by atoms with Gasteiger partial charge in [0, 0.05) is 18.3 Å². The minimum Gasteiger partial charge on any atom is -0.288 e. The molecule has 11 heteroatoms. The van der Waals surface area contributed by atoms with Crippen LogP contribution in [0.3, 0.4) is 0 Å². The molecule has 27 heavy (non-hydrogen) atoms. The van der Waals surface area contributed by atoms with E-state index in [1.807, 2.05) is 0 Å². The van der Waals surface area contributed by atoms with Gasteiger partial charge >= 0.3 is 12.7 Å². The van der Waals surface area contributed by atoms with Gasteiger partial charge in [-0.2, -0.15) is 36.8 Å². The van der Waals surface area contributed by atoms with Crippen LogP contribution >= 0.6 is 0 Å². The van der Waals surface area contributed by atoms with E-state index in [1.165, 1.54) is 17.9 Å². The van der Waals surface area contributed by atoms with Crippen LogP contribution in [0.2, 0.25) is 0 Å². The van der Waals surface area contributed by atoms with Crippen LogP contribution in [0.5, 0.6) is 0 Å². The van der Waals surface area contributed by atoms with E-state index in [1.54, 1.807) is 0 Å². The molecular formula is C16H16F5N5O. The highest BCUT2D eigenvalue weighted by atomic mass is 19.4. The van der Waals surface area contributed by atoms with Crippen LogP contribution in [0.4, 0.5) is 27.8 Å². The molecule has 1 fully saturated rings. The van der Waals surface area contributed by atoms with Gasteiger partial charge in [-0.25, -0.2) is 4.68 Å². The Morgan fingerprint density at radius 2 is 2.00 bits per heavy atom. The number of hydrogen-bond acceptors (Lipinski definition) is 3. The summed E-state index contributed by atoms with van der Waals surface area (Å²) in [6, 6.07) is -0.0551. The minimum absolute atomic E-state index is 0.0232. The van der Waals surface area contributed by atoms with E-state index in [9.17, 15) is 26.7 Å². The monoisotopic (exact) mass is 389 g/mol. The summed E-state index contributed by atoms with van der Waals surface area (Å²) < 4.78 is 68.1. The molecule has 1 saturated carbocycles. The molecular weight excluding hydrogens is 373 g/mol. The molecule has 0 saturated heterocycles. The zero-order valence-electron chi connectivity index (χ0n) is 14.2. The smallest absolute Gasteiger partial charge is 0.288 e. The molecule has 2 unspecified atom stereocenters. The van der Waals surface area contributed by atoms with E-state index < -0.39 is 30.7 Å². The fourth-order valence-electron chi connectivity index (χ4n) is 3.69. The average molecular weight is 389 g/mol. The van der Waals surface area contributed by atoms with E-state index >= 15 is 0 Å². The number of carbonyl (C=O) groups excluding carboxylic acids is 1. The first-order chi connectivity index (χ1) is 12.7. The molecule has 0 spiro atoms. The molecule has 2 aliphatic rings. The van der Waals surface area contributed by atoms with Crippen molar-refractivity contribution in [1.29, 1.82) is 0 Å². The lowest BCUT2D eigenvalue weighted by molar-refractivity contribution is -0.174. The Labute approximate surface area is 150 Å². The highest BCUT2D eigenvalue weighted by molar-refractivity contribution is 6.05. The van der Waals surface area contributed by atoms with E-state index in [2.05, 4.69) is 10.2 Å². The largest absolute Gasteiger partial charge is 0.410 e. The van der Waals surface area contributed by atoms with Crippen LogP contribution in [-0.2, 0) is 0 Å². The summed E-state index contributed by atoms with van der Waals surface area (Å²) in [7, 11) is 0. The quantitative estimate of drug-likeness (QED) is 0.752. The van der Waals surface area contributed by atoms with Gasteiger partial charge in [-0.05, 0) is 38.2 Å². The Kier molecular flexibility index (Phi) is 4.00. The number of aryl methyl sites for hydroxylation is 1. The zero-order chi connectivity index (χ0) is 19.5. The molecule has 2 atom stereocenters.